The Balaban J connectivity index is 2.05. The molecule has 0 radical (unpaired) electrons. The maximum absolute atomic E-state index is 2.35. The van der Waals surface area contributed by atoms with Gasteiger partial charge in [-0.2, -0.15) is 4.90 Å². The third-order valence-corrected chi connectivity index (χ3v) is 5.08. The van der Waals surface area contributed by atoms with E-state index in [1.807, 2.05) is 0 Å². The summed E-state index contributed by atoms with van der Waals surface area (Å²) < 4.78 is 2.16. The Hall–Kier alpha value is -2.52. The van der Waals surface area contributed by atoms with Gasteiger partial charge in [0.25, 0.3) is 5.82 Å². The van der Waals surface area contributed by atoms with Gasteiger partial charge in [-0.1, -0.05) is 60.3 Å². The average Bonchev–Trinajstić information content (AvgIpc) is 2.77. The van der Waals surface area contributed by atoms with Crippen LogP contribution in [0.3, 0.4) is 0 Å². The van der Waals surface area contributed by atoms with E-state index in [0.717, 1.165) is 5.82 Å². The van der Waals surface area contributed by atoms with Crippen LogP contribution in [0.25, 0.3) is 17.2 Å². The highest BCUT2D eigenvalue weighted by atomic mass is 32.2. The molecule has 2 heterocycles. The molecule has 2 aromatic carbocycles. The van der Waals surface area contributed by atoms with Crippen LogP contribution in [0.5, 0.6) is 0 Å². The molecule has 1 aromatic heterocycles. The molecule has 0 aliphatic carbocycles. The van der Waals surface area contributed by atoms with E-state index in [4.69, 9.17) is 0 Å². The standard InChI is InChI=1S/C21H19N2S/c1-22-14-8-7-13-20(22)23-19-12-6-5-11-18(19)17-10-4-3-9-16(17)15-21(23)24-2/h3-15H,1-2H3/q+1. The van der Waals surface area contributed by atoms with Crippen molar-refractivity contribution in [3.63, 3.8) is 0 Å². The summed E-state index contributed by atoms with van der Waals surface area (Å²) >= 11 is 1.77. The molecule has 3 heteroatoms. The van der Waals surface area contributed by atoms with Crippen LogP contribution >= 0.6 is 11.8 Å². The maximum atomic E-state index is 2.35. The molecule has 0 amide bonds. The van der Waals surface area contributed by atoms with Gasteiger partial charge in [-0.25, -0.2) is 4.57 Å². The van der Waals surface area contributed by atoms with Gasteiger partial charge in [0.05, 0.1) is 13.2 Å². The molecule has 118 valence electrons. The summed E-state index contributed by atoms with van der Waals surface area (Å²) in [4.78, 5) is 2.35. The highest BCUT2D eigenvalue weighted by Gasteiger charge is 2.30. The minimum atomic E-state index is 1.15. The zero-order chi connectivity index (χ0) is 16.5. The number of nitrogens with zero attached hydrogens (tertiary/aromatic N) is 2. The monoisotopic (exact) mass is 331 g/mol. The van der Waals surface area contributed by atoms with E-state index in [1.165, 1.54) is 27.4 Å². The molecule has 2 nitrogen and oxygen atoms in total. The van der Waals surface area contributed by atoms with E-state index < -0.39 is 0 Å². The number of aryl methyl sites for hydroxylation is 1. The van der Waals surface area contributed by atoms with Crippen LogP contribution in [0.4, 0.5) is 11.5 Å². The number of aromatic nitrogens is 1. The number of hydrogen-bond donors (Lipinski definition) is 0. The number of fused-ring (bicyclic) bond motifs is 3. The molecule has 0 fully saturated rings. The Bertz CT molecular complexity index is 930. The average molecular weight is 331 g/mol. The molecule has 1 aliphatic rings. The van der Waals surface area contributed by atoms with Crippen molar-refractivity contribution in [2.24, 2.45) is 7.05 Å². The van der Waals surface area contributed by atoms with E-state index in [9.17, 15) is 0 Å². The second-order valence-electron chi connectivity index (χ2n) is 5.80. The Morgan fingerprint density at radius 3 is 2.33 bits per heavy atom. The van der Waals surface area contributed by atoms with E-state index >= 15 is 0 Å². The van der Waals surface area contributed by atoms with Crippen LogP contribution in [0.2, 0.25) is 0 Å². The summed E-state index contributed by atoms with van der Waals surface area (Å²) in [6.45, 7) is 0. The van der Waals surface area contributed by atoms with Crippen LogP contribution < -0.4 is 9.47 Å². The SMILES string of the molecule is CSC1=Cc2ccccc2-c2ccccc2N1c1cccc[n+]1C. The first-order valence-electron chi connectivity index (χ1n) is 7.98. The van der Waals surface area contributed by atoms with Gasteiger partial charge in [0.2, 0.25) is 0 Å². The molecular formula is C21H19N2S+. The topological polar surface area (TPSA) is 7.12 Å². The van der Waals surface area contributed by atoms with Crippen LogP contribution in [0, 0.1) is 0 Å². The van der Waals surface area contributed by atoms with E-state index in [0.29, 0.717) is 0 Å². The van der Waals surface area contributed by atoms with Crippen molar-refractivity contribution in [3.8, 4) is 11.1 Å². The zero-order valence-corrected chi connectivity index (χ0v) is 14.6. The zero-order valence-electron chi connectivity index (χ0n) is 13.8. The molecule has 0 bridgehead atoms. The largest absolute Gasteiger partial charge is 0.287 e. The molecule has 0 atom stereocenters. The summed E-state index contributed by atoms with van der Waals surface area (Å²) in [7, 11) is 2.09. The van der Waals surface area contributed by atoms with Gasteiger partial charge >= 0.3 is 0 Å². The number of benzene rings is 2. The number of thioether (sulfide) groups is 1. The molecule has 0 spiro atoms. The lowest BCUT2D eigenvalue weighted by molar-refractivity contribution is -0.658. The lowest BCUT2D eigenvalue weighted by Crippen LogP contribution is -2.35. The van der Waals surface area contributed by atoms with Crippen molar-refractivity contribution in [1.82, 2.24) is 0 Å². The smallest absolute Gasteiger partial charge is 0.237 e. The first-order chi connectivity index (χ1) is 11.8. The third-order valence-electron chi connectivity index (χ3n) is 4.36. The lowest BCUT2D eigenvalue weighted by atomic mass is 9.99. The van der Waals surface area contributed by atoms with Gasteiger partial charge in [-0.15, -0.1) is 0 Å². The quantitative estimate of drug-likeness (QED) is 0.611. The molecule has 0 saturated heterocycles. The van der Waals surface area contributed by atoms with Gasteiger partial charge in [0.1, 0.15) is 5.69 Å². The fraction of sp³-hybridized carbons (Fsp3) is 0.0952. The lowest BCUT2D eigenvalue weighted by Gasteiger charge is -2.20. The molecule has 0 unspecified atom stereocenters. The number of hydrogen-bond acceptors (Lipinski definition) is 2. The van der Waals surface area contributed by atoms with E-state index in [2.05, 4.69) is 102 Å². The van der Waals surface area contributed by atoms with Gasteiger partial charge < -0.3 is 0 Å². The van der Waals surface area contributed by atoms with E-state index in [-0.39, 0.29) is 0 Å². The van der Waals surface area contributed by atoms with Crippen LogP contribution in [0.1, 0.15) is 5.56 Å². The summed E-state index contributed by atoms with van der Waals surface area (Å²) in [6.07, 6.45) is 6.51. The minimum absolute atomic E-state index is 1.15. The van der Waals surface area contributed by atoms with Gasteiger partial charge in [0, 0.05) is 17.7 Å². The van der Waals surface area contributed by atoms with Crippen LogP contribution in [-0.2, 0) is 7.05 Å². The van der Waals surface area contributed by atoms with Gasteiger partial charge in [0.15, 0.2) is 5.03 Å². The van der Waals surface area contributed by atoms with Crippen LogP contribution in [0.15, 0.2) is 78.0 Å². The molecule has 3 aromatic rings. The van der Waals surface area contributed by atoms with Gasteiger partial charge in [-0.3, -0.25) is 0 Å². The van der Waals surface area contributed by atoms with Crippen molar-refractivity contribution >= 4 is 29.3 Å². The summed E-state index contributed by atoms with van der Waals surface area (Å²) in [5.41, 5.74) is 5.01. The highest BCUT2D eigenvalue weighted by molar-refractivity contribution is 8.02. The summed E-state index contributed by atoms with van der Waals surface area (Å²) in [6, 6.07) is 23.6. The highest BCUT2D eigenvalue weighted by Crippen LogP contribution is 2.43. The fourth-order valence-electron chi connectivity index (χ4n) is 3.21. The minimum Gasteiger partial charge on any atom is -0.237 e. The van der Waals surface area contributed by atoms with Crippen molar-refractivity contribution in [2.45, 2.75) is 0 Å². The predicted octanol–water partition coefficient (Wildman–Crippen LogP) is 4.99. The molecule has 1 aliphatic heterocycles. The first-order valence-corrected chi connectivity index (χ1v) is 9.21. The molecular weight excluding hydrogens is 312 g/mol. The van der Waals surface area contributed by atoms with Crippen molar-refractivity contribution in [2.75, 3.05) is 11.2 Å². The third kappa shape index (κ3) is 2.42. The summed E-state index contributed by atoms with van der Waals surface area (Å²) in [5.74, 6) is 1.15. The first kappa shape index (κ1) is 15.0. The second kappa shape index (κ2) is 6.17. The van der Waals surface area contributed by atoms with E-state index in [1.54, 1.807) is 11.8 Å². The maximum Gasteiger partial charge on any atom is 0.287 e. The summed E-state index contributed by atoms with van der Waals surface area (Å²) in [5, 5.41) is 1.22. The predicted molar refractivity (Wildman–Crippen MR) is 103 cm³/mol. The Kier molecular flexibility index (Phi) is 3.87. The fourth-order valence-corrected chi connectivity index (χ4v) is 3.83. The van der Waals surface area contributed by atoms with Crippen molar-refractivity contribution < 1.29 is 4.57 Å². The molecule has 4 rings (SSSR count). The van der Waals surface area contributed by atoms with Gasteiger partial charge in [-0.05, 0) is 29.5 Å². The van der Waals surface area contributed by atoms with Crippen molar-refractivity contribution in [1.29, 1.82) is 0 Å². The molecule has 0 saturated carbocycles. The number of anilines is 2. The Morgan fingerprint density at radius 2 is 1.54 bits per heavy atom. The Labute approximate surface area is 147 Å². The number of para-hydroxylation sites is 1. The second-order valence-corrected chi connectivity index (χ2v) is 6.62. The molecule has 24 heavy (non-hydrogen) atoms. The van der Waals surface area contributed by atoms with Crippen molar-refractivity contribution in [3.05, 3.63) is 83.5 Å². The normalized spacial score (nSPS) is 12.9. The van der Waals surface area contributed by atoms with Crippen LogP contribution in [-0.4, -0.2) is 6.26 Å². The number of pyridine rings is 1. The number of rotatable bonds is 2. The molecule has 0 N–H and O–H groups in total. The Morgan fingerprint density at radius 1 is 0.833 bits per heavy atom.